The molecule has 2 unspecified atom stereocenters. The molecular weight excluding hydrogens is 320 g/mol. The van der Waals surface area contributed by atoms with Crippen LogP contribution in [0.25, 0.3) is 5.69 Å². The minimum absolute atomic E-state index is 0.187. The van der Waals surface area contributed by atoms with Gasteiger partial charge < -0.3 is 15.3 Å². The summed E-state index contributed by atoms with van der Waals surface area (Å²) in [6, 6.07) is 9.26. The number of nitrogens with zero attached hydrogens (tertiary/aromatic N) is 3. The first-order valence-corrected chi connectivity index (χ1v) is 8.43. The summed E-state index contributed by atoms with van der Waals surface area (Å²) in [6.45, 7) is 2.77. The molecular formula is C18H22N4O3. The lowest BCUT2D eigenvalue weighted by atomic mass is 9.98. The maximum atomic E-state index is 12.5. The molecule has 1 aliphatic rings. The predicted molar refractivity (Wildman–Crippen MR) is 92.4 cm³/mol. The van der Waals surface area contributed by atoms with Crippen molar-refractivity contribution in [3.8, 4) is 5.69 Å². The van der Waals surface area contributed by atoms with Crippen molar-refractivity contribution in [2.75, 3.05) is 13.1 Å². The van der Waals surface area contributed by atoms with Crippen LogP contribution in [0.1, 0.15) is 31.4 Å². The van der Waals surface area contributed by atoms with Crippen molar-refractivity contribution in [1.82, 2.24) is 20.0 Å². The van der Waals surface area contributed by atoms with E-state index in [0.29, 0.717) is 19.4 Å². The largest absolute Gasteiger partial charge is 0.481 e. The Morgan fingerprint density at radius 3 is 2.92 bits per heavy atom. The molecule has 2 aromatic rings. The highest BCUT2D eigenvalue weighted by Gasteiger charge is 2.28. The van der Waals surface area contributed by atoms with Crippen LogP contribution in [-0.2, 0) is 4.79 Å². The van der Waals surface area contributed by atoms with Crippen molar-refractivity contribution in [2.24, 2.45) is 5.92 Å². The summed E-state index contributed by atoms with van der Waals surface area (Å²) in [6.07, 6.45) is 4.92. The SMILES string of the molecule is CC(NC(=O)N1CCCC(C(=O)O)C1)c1cccc(-n2cccn2)c1. The van der Waals surface area contributed by atoms with Crippen LogP contribution in [0.3, 0.4) is 0 Å². The van der Waals surface area contributed by atoms with Gasteiger partial charge in [-0.25, -0.2) is 9.48 Å². The van der Waals surface area contributed by atoms with Crippen molar-refractivity contribution >= 4 is 12.0 Å². The molecule has 2 atom stereocenters. The fourth-order valence-corrected chi connectivity index (χ4v) is 3.08. The van der Waals surface area contributed by atoms with Crippen LogP contribution in [-0.4, -0.2) is 44.9 Å². The maximum Gasteiger partial charge on any atom is 0.317 e. The Morgan fingerprint density at radius 1 is 1.36 bits per heavy atom. The number of urea groups is 1. The third-order valence-corrected chi connectivity index (χ3v) is 4.54. The number of piperidine rings is 1. The molecule has 25 heavy (non-hydrogen) atoms. The summed E-state index contributed by atoms with van der Waals surface area (Å²) in [4.78, 5) is 25.2. The van der Waals surface area contributed by atoms with Gasteiger partial charge >= 0.3 is 12.0 Å². The second kappa shape index (κ2) is 7.38. The van der Waals surface area contributed by atoms with Gasteiger partial charge in [-0.2, -0.15) is 5.10 Å². The van der Waals surface area contributed by atoms with Crippen molar-refractivity contribution < 1.29 is 14.7 Å². The van der Waals surface area contributed by atoms with Gasteiger partial charge in [0.25, 0.3) is 0 Å². The Hall–Kier alpha value is -2.83. The minimum Gasteiger partial charge on any atom is -0.481 e. The molecule has 1 saturated heterocycles. The molecule has 2 heterocycles. The molecule has 1 aromatic carbocycles. The molecule has 0 aliphatic carbocycles. The number of carbonyl (C=O) groups excluding carboxylic acids is 1. The number of aromatic nitrogens is 2. The smallest absolute Gasteiger partial charge is 0.317 e. The number of nitrogens with one attached hydrogen (secondary N) is 1. The van der Waals surface area contributed by atoms with Gasteiger partial charge in [0.05, 0.1) is 17.6 Å². The van der Waals surface area contributed by atoms with Crippen molar-refractivity contribution in [2.45, 2.75) is 25.8 Å². The van der Waals surface area contributed by atoms with Gasteiger partial charge in [0.1, 0.15) is 0 Å². The van der Waals surface area contributed by atoms with Crippen molar-refractivity contribution in [3.05, 3.63) is 48.3 Å². The normalized spacial score (nSPS) is 18.6. The highest BCUT2D eigenvalue weighted by atomic mass is 16.4. The molecule has 2 amide bonds. The standard InChI is InChI=1S/C18H22N4O3/c1-13(14-5-2-7-16(11-14)22-10-4-8-19-22)20-18(25)21-9-3-6-15(12-21)17(23)24/h2,4-5,7-8,10-11,13,15H,3,6,9,12H2,1H3,(H,20,25)(H,23,24). The van der Waals surface area contributed by atoms with Crippen LogP contribution in [0.5, 0.6) is 0 Å². The highest BCUT2D eigenvalue weighted by Crippen LogP contribution is 2.19. The first kappa shape index (κ1) is 17.0. The zero-order valence-electron chi connectivity index (χ0n) is 14.1. The molecule has 2 N–H and O–H groups in total. The molecule has 0 bridgehead atoms. The van der Waals surface area contributed by atoms with Crippen LogP contribution in [0.15, 0.2) is 42.7 Å². The van der Waals surface area contributed by atoms with E-state index < -0.39 is 11.9 Å². The Labute approximate surface area is 146 Å². The van der Waals surface area contributed by atoms with Crippen LogP contribution < -0.4 is 5.32 Å². The average molecular weight is 342 g/mol. The number of benzene rings is 1. The lowest BCUT2D eigenvalue weighted by Gasteiger charge is -2.31. The van der Waals surface area contributed by atoms with E-state index in [2.05, 4.69) is 10.4 Å². The molecule has 0 radical (unpaired) electrons. The van der Waals surface area contributed by atoms with E-state index in [1.165, 1.54) is 0 Å². The third-order valence-electron chi connectivity index (χ3n) is 4.54. The van der Waals surface area contributed by atoms with Crippen LogP contribution in [0.2, 0.25) is 0 Å². The molecule has 1 aromatic heterocycles. The number of hydrogen-bond acceptors (Lipinski definition) is 3. The highest BCUT2D eigenvalue weighted by molar-refractivity contribution is 5.77. The Bertz CT molecular complexity index is 745. The Kier molecular flexibility index (Phi) is 5.02. The van der Waals surface area contributed by atoms with E-state index in [4.69, 9.17) is 5.11 Å². The van der Waals surface area contributed by atoms with Gasteiger partial charge in [-0.15, -0.1) is 0 Å². The zero-order valence-corrected chi connectivity index (χ0v) is 14.1. The van der Waals surface area contributed by atoms with Crippen molar-refractivity contribution in [1.29, 1.82) is 0 Å². The second-order valence-electron chi connectivity index (χ2n) is 6.34. The third kappa shape index (κ3) is 3.99. The van der Waals surface area contributed by atoms with E-state index in [-0.39, 0.29) is 18.6 Å². The quantitative estimate of drug-likeness (QED) is 0.893. The molecule has 3 rings (SSSR count). The van der Waals surface area contributed by atoms with E-state index in [9.17, 15) is 9.59 Å². The summed E-state index contributed by atoms with van der Waals surface area (Å²) >= 11 is 0. The zero-order chi connectivity index (χ0) is 17.8. The van der Waals surface area contributed by atoms with E-state index in [1.54, 1.807) is 15.8 Å². The number of carboxylic acids is 1. The number of carbonyl (C=O) groups is 2. The fourth-order valence-electron chi connectivity index (χ4n) is 3.08. The number of rotatable bonds is 4. The van der Waals surface area contributed by atoms with Gasteiger partial charge in [0, 0.05) is 25.5 Å². The Morgan fingerprint density at radius 2 is 2.20 bits per heavy atom. The van der Waals surface area contributed by atoms with Crippen molar-refractivity contribution in [3.63, 3.8) is 0 Å². The van der Waals surface area contributed by atoms with Gasteiger partial charge in [-0.05, 0) is 43.5 Å². The molecule has 1 fully saturated rings. The van der Waals surface area contributed by atoms with Gasteiger partial charge in [0.2, 0.25) is 0 Å². The number of carboxylic acid groups (broad SMARTS) is 1. The van der Waals surface area contributed by atoms with Gasteiger partial charge in [-0.1, -0.05) is 12.1 Å². The topological polar surface area (TPSA) is 87.5 Å². The minimum atomic E-state index is -0.836. The fraction of sp³-hybridized carbons (Fsp3) is 0.389. The first-order valence-electron chi connectivity index (χ1n) is 8.43. The maximum absolute atomic E-state index is 12.5. The molecule has 132 valence electrons. The number of hydrogen-bond donors (Lipinski definition) is 2. The lowest BCUT2D eigenvalue weighted by Crippen LogP contribution is -2.47. The lowest BCUT2D eigenvalue weighted by molar-refractivity contribution is -0.143. The monoisotopic (exact) mass is 342 g/mol. The summed E-state index contributed by atoms with van der Waals surface area (Å²) in [7, 11) is 0. The Balaban J connectivity index is 1.65. The molecule has 0 saturated carbocycles. The van der Waals surface area contributed by atoms with Crippen LogP contribution in [0.4, 0.5) is 4.79 Å². The second-order valence-corrected chi connectivity index (χ2v) is 6.34. The summed E-state index contributed by atoms with van der Waals surface area (Å²) in [5.74, 6) is -1.31. The average Bonchev–Trinajstić information content (AvgIpc) is 3.16. The summed E-state index contributed by atoms with van der Waals surface area (Å²) in [5, 5.41) is 16.3. The van der Waals surface area contributed by atoms with E-state index >= 15 is 0 Å². The summed E-state index contributed by atoms with van der Waals surface area (Å²) < 4.78 is 1.76. The number of aliphatic carboxylic acids is 1. The van der Waals surface area contributed by atoms with E-state index in [1.807, 2.05) is 43.5 Å². The number of amides is 2. The molecule has 0 spiro atoms. The van der Waals surface area contributed by atoms with Crippen LogP contribution >= 0.6 is 0 Å². The van der Waals surface area contributed by atoms with E-state index in [0.717, 1.165) is 11.3 Å². The predicted octanol–water partition coefficient (Wildman–Crippen LogP) is 2.44. The van der Waals surface area contributed by atoms with Gasteiger partial charge in [-0.3, -0.25) is 4.79 Å². The number of likely N-dealkylation sites (tertiary alicyclic amines) is 1. The summed E-state index contributed by atoms with van der Waals surface area (Å²) in [5.41, 5.74) is 1.89. The molecule has 7 nitrogen and oxygen atoms in total. The molecule has 7 heteroatoms. The molecule has 1 aliphatic heterocycles. The van der Waals surface area contributed by atoms with Gasteiger partial charge in [0.15, 0.2) is 0 Å². The van der Waals surface area contributed by atoms with Crippen LogP contribution in [0, 0.1) is 5.92 Å². The first-order chi connectivity index (χ1) is 12.0.